The highest BCUT2D eigenvalue weighted by atomic mass is 16.5. The van der Waals surface area contributed by atoms with Crippen LogP contribution >= 0.6 is 0 Å². The number of carbonyl (C=O) groups excluding carboxylic acids is 1. The molecule has 2 aliphatic rings. The normalized spacial score (nSPS) is 41.1. The van der Waals surface area contributed by atoms with E-state index in [1.807, 2.05) is 13.8 Å². The molecule has 0 radical (unpaired) electrons. The second-order valence-electron chi connectivity index (χ2n) is 6.34. The van der Waals surface area contributed by atoms with E-state index in [4.69, 9.17) is 9.47 Å². The molecular weight excluding hydrogens is 240 g/mol. The smallest absolute Gasteiger partial charge is 0.168 e. The predicted octanol–water partition coefficient (Wildman–Crippen LogP) is 3.48. The highest BCUT2D eigenvalue weighted by Gasteiger charge is 2.62. The van der Waals surface area contributed by atoms with Crippen molar-refractivity contribution in [2.24, 2.45) is 10.8 Å². The lowest BCUT2D eigenvalue weighted by Crippen LogP contribution is -2.49. The third-order valence-electron chi connectivity index (χ3n) is 5.50. The van der Waals surface area contributed by atoms with Gasteiger partial charge in [0.25, 0.3) is 0 Å². The Morgan fingerprint density at radius 2 is 2.11 bits per heavy atom. The summed E-state index contributed by atoms with van der Waals surface area (Å²) in [6.45, 7) is 8.82. The molecule has 0 aromatic rings. The molecule has 0 amide bonds. The second kappa shape index (κ2) is 4.93. The third kappa shape index (κ3) is 1.94. The zero-order valence-corrected chi connectivity index (χ0v) is 12.8. The predicted molar refractivity (Wildman–Crippen MR) is 74.8 cm³/mol. The number of ether oxygens (including phenoxy) is 2. The Morgan fingerprint density at radius 1 is 1.42 bits per heavy atom. The Balaban J connectivity index is 2.44. The van der Waals surface area contributed by atoms with Gasteiger partial charge in [-0.2, -0.15) is 0 Å². The molecule has 0 heterocycles. The topological polar surface area (TPSA) is 35.5 Å². The van der Waals surface area contributed by atoms with Crippen LogP contribution in [0.15, 0.2) is 11.3 Å². The van der Waals surface area contributed by atoms with Crippen LogP contribution in [-0.4, -0.2) is 25.6 Å². The van der Waals surface area contributed by atoms with Crippen LogP contribution in [0, 0.1) is 10.8 Å². The average Bonchev–Trinajstić information content (AvgIpc) is 2.59. The fourth-order valence-electron chi connectivity index (χ4n) is 4.03. The molecule has 19 heavy (non-hydrogen) atoms. The lowest BCUT2D eigenvalue weighted by atomic mass is 9.58. The molecule has 3 nitrogen and oxygen atoms in total. The van der Waals surface area contributed by atoms with Gasteiger partial charge in [0.1, 0.15) is 0 Å². The first-order valence-corrected chi connectivity index (χ1v) is 7.31. The molecule has 0 aromatic carbocycles. The van der Waals surface area contributed by atoms with Gasteiger partial charge in [0, 0.05) is 23.5 Å². The first-order chi connectivity index (χ1) is 8.90. The summed E-state index contributed by atoms with van der Waals surface area (Å²) in [5, 5.41) is 0. The van der Waals surface area contributed by atoms with Crippen molar-refractivity contribution in [3.63, 3.8) is 0 Å². The first-order valence-electron chi connectivity index (χ1n) is 7.31. The number of carbonyl (C=O) groups is 1. The molecular formula is C16H26O3. The van der Waals surface area contributed by atoms with Crippen LogP contribution in [0.25, 0.3) is 0 Å². The minimum Gasteiger partial charge on any atom is -0.498 e. The van der Waals surface area contributed by atoms with Crippen molar-refractivity contribution in [3.05, 3.63) is 11.3 Å². The van der Waals surface area contributed by atoms with Gasteiger partial charge >= 0.3 is 0 Å². The van der Waals surface area contributed by atoms with E-state index in [2.05, 4.69) is 13.8 Å². The summed E-state index contributed by atoms with van der Waals surface area (Å²) >= 11 is 0. The van der Waals surface area contributed by atoms with Gasteiger partial charge in [0.15, 0.2) is 5.78 Å². The van der Waals surface area contributed by atoms with Crippen molar-refractivity contribution in [2.75, 3.05) is 13.7 Å². The summed E-state index contributed by atoms with van der Waals surface area (Å²) in [4.78, 5) is 12.9. The van der Waals surface area contributed by atoms with Gasteiger partial charge in [-0.15, -0.1) is 0 Å². The molecule has 2 aliphatic carbocycles. The molecule has 0 bridgehead atoms. The van der Waals surface area contributed by atoms with Crippen molar-refractivity contribution in [1.82, 2.24) is 0 Å². The first kappa shape index (κ1) is 14.6. The van der Waals surface area contributed by atoms with Gasteiger partial charge in [-0.1, -0.05) is 13.8 Å². The van der Waals surface area contributed by atoms with Crippen molar-refractivity contribution in [1.29, 1.82) is 0 Å². The van der Waals surface area contributed by atoms with Gasteiger partial charge < -0.3 is 9.47 Å². The molecule has 3 heteroatoms. The van der Waals surface area contributed by atoms with Crippen molar-refractivity contribution in [2.45, 2.75) is 59.5 Å². The minimum atomic E-state index is -0.292. The average molecular weight is 266 g/mol. The van der Waals surface area contributed by atoms with Crippen LogP contribution in [0.1, 0.15) is 53.4 Å². The Morgan fingerprint density at radius 3 is 2.68 bits per heavy atom. The number of Topliss-reactive ketones (excluding diaryl/α,β-unsaturated/α-hetero) is 1. The maximum atomic E-state index is 12.9. The van der Waals surface area contributed by atoms with Crippen LogP contribution in [-0.2, 0) is 14.3 Å². The SMILES string of the molecule is CCO/C(C)=C1\C[C@]2(C)[C@H](OC)CCC[C@@]2(C)C1=O. The summed E-state index contributed by atoms with van der Waals surface area (Å²) in [6, 6.07) is 0. The van der Waals surface area contributed by atoms with E-state index in [0.29, 0.717) is 6.61 Å². The number of hydrogen-bond acceptors (Lipinski definition) is 3. The quantitative estimate of drug-likeness (QED) is 0.579. The van der Waals surface area contributed by atoms with E-state index in [1.165, 1.54) is 0 Å². The van der Waals surface area contributed by atoms with Crippen molar-refractivity contribution < 1.29 is 14.3 Å². The zero-order chi connectivity index (χ0) is 14.3. The molecule has 2 fully saturated rings. The number of allylic oxidation sites excluding steroid dienone is 2. The molecule has 2 saturated carbocycles. The van der Waals surface area contributed by atoms with Crippen molar-refractivity contribution >= 4 is 5.78 Å². The van der Waals surface area contributed by atoms with E-state index in [0.717, 1.165) is 37.0 Å². The second-order valence-corrected chi connectivity index (χ2v) is 6.34. The van der Waals surface area contributed by atoms with E-state index in [9.17, 15) is 4.79 Å². The number of ketones is 1. The van der Waals surface area contributed by atoms with Gasteiger partial charge in [-0.25, -0.2) is 0 Å². The monoisotopic (exact) mass is 266 g/mol. The van der Waals surface area contributed by atoms with E-state index in [1.54, 1.807) is 7.11 Å². The Hall–Kier alpha value is -0.830. The third-order valence-corrected chi connectivity index (χ3v) is 5.50. The maximum absolute atomic E-state index is 12.9. The van der Waals surface area contributed by atoms with E-state index < -0.39 is 0 Å². The fraction of sp³-hybridized carbons (Fsp3) is 0.812. The summed E-state index contributed by atoms with van der Waals surface area (Å²) in [5.41, 5.74) is 0.500. The van der Waals surface area contributed by atoms with Gasteiger partial charge in [0.05, 0.1) is 18.5 Å². The van der Waals surface area contributed by atoms with Crippen LogP contribution in [0.4, 0.5) is 0 Å². The molecule has 0 aromatic heterocycles. The van der Waals surface area contributed by atoms with Crippen LogP contribution in [0.3, 0.4) is 0 Å². The molecule has 0 spiro atoms. The standard InChI is InChI=1S/C16H26O3/c1-6-19-11(2)12-10-16(4)13(18-5)8-7-9-15(16,3)14(12)17/h13H,6-10H2,1-5H3/b12-11+/t13-,15+,16-/m1/s1. The molecule has 3 atom stereocenters. The van der Waals surface area contributed by atoms with Crippen LogP contribution in [0.5, 0.6) is 0 Å². The lowest BCUT2D eigenvalue weighted by Gasteiger charge is -2.48. The lowest BCUT2D eigenvalue weighted by molar-refractivity contribution is -0.140. The van der Waals surface area contributed by atoms with E-state index >= 15 is 0 Å². The number of rotatable bonds is 3. The van der Waals surface area contributed by atoms with Gasteiger partial charge in [-0.3, -0.25) is 4.79 Å². The Kier molecular flexibility index (Phi) is 3.78. The van der Waals surface area contributed by atoms with Gasteiger partial charge in [-0.05, 0) is 39.5 Å². The molecule has 0 N–H and O–H groups in total. The largest absolute Gasteiger partial charge is 0.498 e. The van der Waals surface area contributed by atoms with Crippen LogP contribution < -0.4 is 0 Å². The highest BCUT2D eigenvalue weighted by molar-refractivity contribution is 6.03. The molecule has 0 unspecified atom stereocenters. The number of hydrogen-bond donors (Lipinski definition) is 0. The number of fused-ring (bicyclic) bond motifs is 1. The highest BCUT2D eigenvalue weighted by Crippen LogP contribution is 2.61. The molecule has 0 aliphatic heterocycles. The summed E-state index contributed by atoms with van der Waals surface area (Å²) in [5.74, 6) is 1.09. The molecule has 0 saturated heterocycles. The Labute approximate surface area is 116 Å². The minimum absolute atomic E-state index is 0.0925. The summed E-state index contributed by atoms with van der Waals surface area (Å²) in [6.07, 6.45) is 4.04. The maximum Gasteiger partial charge on any atom is 0.168 e. The fourth-order valence-corrected chi connectivity index (χ4v) is 4.03. The summed E-state index contributed by atoms with van der Waals surface area (Å²) in [7, 11) is 1.77. The zero-order valence-electron chi connectivity index (χ0n) is 12.8. The van der Waals surface area contributed by atoms with E-state index in [-0.39, 0.29) is 22.7 Å². The molecule has 108 valence electrons. The van der Waals surface area contributed by atoms with Crippen molar-refractivity contribution in [3.8, 4) is 0 Å². The summed E-state index contributed by atoms with van der Waals surface area (Å²) < 4.78 is 11.3. The van der Waals surface area contributed by atoms with Gasteiger partial charge in [0.2, 0.25) is 0 Å². The van der Waals surface area contributed by atoms with Crippen LogP contribution in [0.2, 0.25) is 0 Å². The molecule has 2 rings (SSSR count). The Bertz CT molecular complexity index is 412. The number of methoxy groups -OCH3 is 1.